The van der Waals surface area contributed by atoms with Gasteiger partial charge in [0.2, 0.25) is 0 Å². The van der Waals surface area contributed by atoms with Gasteiger partial charge in [-0.05, 0) is 37.6 Å². The lowest BCUT2D eigenvalue weighted by Gasteiger charge is -2.38. The van der Waals surface area contributed by atoms with Crippen LogP contribution in [0.2, 0.25) is 0 Å². The second-order valence-electron chi connectivity index (χ2n) is 6.86. The first-order valence-electron chi connectivity index (χ1n) is 8.26. The molecule has 0 aromatic heterocycles. The molecular weight excluding hydrogens is 258 g/mol. The first kappa shape index (κ1) is 16.5. The van der Waals surface area contributed by atoms with Crippen LogP contribution < -0.4 is 5.32 Å². The van der Waals surface area contributed by atoms with Crippen molar-refractivity contribution in [2.24, 2.45) is 5.92 Å². The number of likely N-dealkylation sites (N-methyl/N-ethyl adjacent to an activating group) is 1. The van der Waals surface area contributed by atoms with Crippen molar-refractivity contribution >= 4 is 0 Å². The van der Waals surface area contributed by atoms with E-state index in [1.54, 1.807) is 0 Å². The Morgan fingerprint density at radius 2 is 1.90 bits per heavy atom. The fraction of sp³-hybridized carbons (Fsp3) is 0.667. The van der Waals surface area contributed by atoms with E-state index in [4.69, 9.17) is 0 Å². The van der Waals surface area contributed by atoms with Gasteiger partial charge in [0, 0.05) is 38.8 Å². The highest BCUT2D eigenvalue weighted by molar-refractivity contribution is 5.27. The van der Waals surface area contributed by atoms with Crippen LogP contribution in [0.15, 0.2) is 24.3 Å². The Hall–Kier alpha value is -0.900. The van der Waals surface area contributed by atoms with Gasteiger partial charge >= 0.3 is 0 Å². The lowest BCUT2D eigenvalue weighted by atomic mass is 10.1. The second-order valence-corrected chi connectivity index (χ2v) is 6.86. The van der Waals surface area contributed by atoms with Gasteiger partial charge in [-0.1, -0.05) is 38.1 Å². The fourth-order valence-electron chi connectivity index (χ4n) is 2.89. The maximum Gasteiger partial charge on any atom is 0.0238 e. The van der Waals surface area contributed by atoms with Gasteiger partial charge in [-0.25, -0.2) is 0 Å². The van der Waals surface area contributed by atoms with Gasteiger partial charge < -0.3 is 10.2 Å². The summed E-state index contributed by atoms with van der Waals surface area (Å²) in [4.78, 5) is 5.04. The highest BCUT2D eigenvalue weighted by atomic mass is 15.3. The summed E-state index contributed by atoms with van der Waals surface area (Å²) >= 11 is 0. The molecule has 1 aliphatic heterocycles. The Bertz CT molecular complexity index is 430. The molecule has 0 spiro atoms. The van der Waals surface area contributed by atoms with Gasteiger partial charge in [-0.2, -0.15) is 0 Å². The molecule has 1 aliphatic rings. The summed E-state index contributed by atoms with van der Waals surface area (Å²) < 4.78 is 0. The summed E-state index contributed by atoms with van der Waals surface area (Å²) in [5.41, 5.74) is 2.93. The smallest absolute Gasteiger partial charge is 0.0238 e. The second kappa shape index (κ2) is 7.92. The van der Waals surface area contributed by atoms with Crippen LogP contribution in [0.4, 0.5) is 0 Å². The zero-order valence-corrected chi connectivity index (χ0v) is 14.1. The van der Waals surface area contributed by atoms with Crippen LogP contribution in [-0.2, 0) is 13.1 Å². The van der Waals surface area contributed by atoms with E-state index in [-0.39, 0.29) is 0 Å². The monoisotopic (exact) mass is 289 g/mol. The van der Waals surface area contributed by atoms with E-state index in [0.29, 0.717) is 12.0 Å². The number of nitrogens with zero attached hydrogens (tertiary/aromatic N) is 2. The first-order valence-corrected chi connectivity index (χ1v) is 8.26. The first-order chi connectivity index (χ1) is 10.1. The number of nitrogens with one attached hydrogen (secondary N) is 1. The van der Waals surface area contributed by atoms with Crippen LogP contribution in [-0.4, -0.2) is 49.1 Å². The highest BCUT2D eigenvalue weighted by Gasteiger charge is 2.20. The van der Waals surface area contributed by atoms with Crippen molar-refractivity contribution in [1.82, 2.24) is 15.1 Å². The van der Waals surface area contributed by atoms with Crippen molar-refractivity contribution in [3.05, 3.63) is 35.4 Å². The van der Waals surface area contributed by atoms with E-state index in [1.807, 2.05) is 0 Å². The highest BCUT2D eigenvalue weighted by Crippen LogP contribution is 2.15. The van der Waals surface area contributed by atoms with Crippen molar-refractivity contribution in [3.63, 3.8) is 0 Å². The van der Waals surface area contributed by atoms with E-state index in [2.05, 4.69) is 67.2 Å². The number of hydrogen-bond acceptors (Lipinski definition) is 3. The zero-order chi connectivity index (χ0) is 15.2. The quantitative estimate of drug-likeness (QED) is 0.868. The number of benzene rings is 1. The Morgan fingerprint density at radius 3 is 2.57 bits per heavy atom. The molecule has 0 amide bonds. The maximum absolute atomic E-state index is 3.57. The molecular formula is C18H31N3. The summed E-state index contributed by atoms with van der Waals surface area (Å²) in [6, 6.07) is 9.53. The Balaban J connectivity index is 1.93. The van der Waals surface area contributed by atoms with Crippen LogP contribution in [0.3, 0.4) is 0 Å². The molecule has 1 aromatic rings. The molecule has 1 atom stereocenters. The molecule has 2 rings (SSSR count). The van der Waals surface area contributed by atoms with E-state index < -0.39 is 0 Å². The minimum atomic E-state index is 0.657. The van der Waals surface area contributed by atoms with Gasteiger partial charge in [-0.15, -0.1) is 0 Å². The minimum Gasteiger partial charge on any atom is -0.312 e. The Morgan fingerprint density at radius 1 is 1.19 bits per heavy atom. The third-order valence-corrected chi connectivity index (χ3v) is 4.42. The predicted octanol–water partition coefficient (Wildman–Crippen LogP) is 2.57. The standard InChI is InChI=1S/C18H31N3/c1-15(2)11-19-12-17-7-5-6-8-18(17)14-21-10-9-20(4)16(3)13-21/h5-8,15-16,19H,9-14H2,1-4H3. The number of hydrogen-bond donors (Lipinski definition) is 1. The van der Waals surface area contributed by atoms with Crippen molar-refractivity contribution < 1.29 is 0 Å². The van der Waals surface area contributed by atoms with Crippen molar-refractivity contribution in [3.8, 4) is 0 Å². The lowest BCUT2D eigenvalue weighted by Crippen LogP contribution is -2.49. The van der Waals surface area contributed by atoms with Crippen molar-refractivity contribution in [1.29, 1.82) is 0 Å². The molecule has 1 aromatic carbocycles. The summed E-state index contributed by atoms with van der Waals surface area (Å²) in [7, 11) is 2.23. The van der Waals surface area contributed by atoms with Crippen molar-refractivity contribution in [2.75, 3.05) is 33.2 Å². The van der Waals surface area contributed by atoms with Crippen LogP contribution >= 0.6 is 0 Å². The molecule has 1 N–H and O–H groups in total. The summed E-state index contributed by atoms with van der Waals surface area (Å²) in [6.45, 7) is 13.5. The molecule has 3 nitrogen and oxygen atoms in total. The lowest BCUT2D eigenvalue weighted by molar-refractivity contribution is 0.0998. The van der Waals surface area contributed by atoms with Gasteiger partial charge in [0.15, 0.2) is 0 Å². The van der Waals surface area contributed by atoms with Crippen molar-refractivity contribution in [2.45, 2.75) is 39.9 Å². The average Bonchev–Trinajstić information content (AvgIpc) is 2.44. The third-order valence-electron chi connectivity index (χ3n) is 4.42. The largest absolute Gasteiger partial charge is 0.312 e. The summed E-state index contributed by atoms with van der Waals surface area (Å²) in [5, 5.41) is 3.57. The molecule has 1 unspecified atom stereocenters. The van der Waals surface area contributed by atoms with Crippen LogP contribution in [0, 0.1) is 5.92 Å². The third kappa shape index (κ3) is 5.10. The number of rotatable bonds is 6. The van der Waals surface area contributed by atoms with E-state index >= 15 is 0 Å². The molecule has 1 saturated heterocycles. The molecule has 118 valence electrons. The molecule has 0 aliphatic carbocycles. The van der Waals surface area contributed by atoms with Gasteiger partial charge in [-0.3, -0.25) is 4.90 Å². The molecule has 21 heavy (non-hydrogen) atoms. The molecule has 1 heterocycles. The zero-order valence-electron chi connectivity index (χ0n) is 14.1. The maximum atomic E-state index is 3.57. The predicted molar refractivity (Wildman–Crippen MR) is 90.4 cm³/mol. The molecule has 0 saturated carbocycles. The van der Waals surface area contributed by atoms with Gasteiger partial charge in [0.05, 0.1) is 0 Å². The normalized spacial score (nSPS) is 21.1. The topological polar surface area (TPSA) is 18.5 Å². The van der Waals surface area contributed by atoms with E-state index in [0.717, 1.165) is 19.6 Å². The SMILES string of the molecule is CC(C)CNCc1ccccc1CN1CCN(C)C(C)C1. The van der Waals surface area contributed by atoms with E-state index in [9.17, 15) is 0 Å². The summed E-state index contributed by atoms with van der Waals surface area (Å²) in [6.07, 6.45) is 0. The van der Waals surface area contributed by atoms with Gasteiger partial charge in [0.25, 0.3) is 0 Å². The average molecular weight is 289 g/mol. The van der Waals surface area contributed by atoms with Gasteiger partial charge in [0.1, 0.15) is 0 Å². The fourth-order valence-corrected chi connectivity index (χ4v) is 2.89. The van der Waals surface area contributed by atoms with Crippen LogP contribution in [0.1, 0.15) is 31.9 Å². The molecule has 0 radical (unpaired) electrons. The molecule has 3 heteroatoms. The summed E-state index contributed by atoms with van der Waals surface area (Å²) in [5.74, 6) is 0.704. The Kier molecular flexibility index (Phi) is 6.22. The van der Waals surface area contributed by atoms with Crippen LogP contribution in [0.25, 0.3) is 0 Å². The van der Waals surface area contributed by atoms with Crippen LogP contribution in [0.5, 0.6) is 0 Å². The molecule has 1 fully saturated rings. The Labute approximate surface area is 130 Å². The number of piperazine rings is 1. The molecule has 0 bridgehead atoms. The van der Waals surface area contributed by atoms with E-state index in [1.165, 1.54) is 30.8 Å². The minimum absolute atomic E-state index is 0.657.